The summed E-state index contributed by atoms with van der Waals surface area (Å²) in [6.07, 6.45) is 2.01. The molecular formula is C16H14ClN3O3. The summed E-state index contributed by atoms with van der Waals surface area (Å²) in [4.78, 5) is 12.3. The minimum Gasteiger partial charge on any atom is -0.467 e. The minimum atomic E-state index is -0.903. The van der Waals surface area contributed by atoms with E-state index in [1.807, 2.05) is 0 Å². The number of aliphatic hydroxyl groups excluding tert-OH is 1. The number of amides is 1. The first-order valence-electron chi connectivity index (χ1n) is 6.94. The largest absolute Gasteiger partial charge is 0.467 e. The fraction of sp³-hybridized carbons (Fsp3) is 0.125. The van der Waals surface area contributed by atoms with Crippen molar-refractivity contribution in [3.05, 3.63) is 65.2 Å². The smallest absolute Gasteiger partial charge is 0.255 e. The van der Waals surface area contributed by atoms with E-state index >= 15 is 0 Å². The third kappa shape index (κ3) is 3.44. The van der Waals surface area contributed by atoms with E-state index in [1.165, 1.54) is 12.5 Å². The SMILES string of the molecule is O=C(NCC(O)c1ccco1)c1cn[nH]c1-c1ccc(Cl)cc1. The fourth-order valence-corrected chi connectivity index (χ4v) is 2.29. The molecule has 3 rings (SSSR count). The lowest BCUT2D eigenvalue weighted by molar-refractivity contribution is 0.0902. The van der Waals surface area contributed by atoms with Gasteiger partial charge in [-0.2, -0.15) is 5.10 Å². The number of halogens is 1. The van der Waals surface area contributed by atoms with Gasteiger partial charge in [-0.05, 0) is 24.3 Å². The summed E-state index contributed by atoms with van der Waals surface area (Å²) in [5, 5.41) is 19.9. The number of hydrogen-bond donors (Lipinski definition) is 3. The molecular weight excluding hydrogens is 318 g/mol. The number of benzene rings is 1. The molecule has 0 aliphatic carbocycles. The second kappa shape index (κ2) is 6.68. The Bertz CT molecular complexity index is 781. The molecule has 0 radical (unpaired) electrons. The van der Waals surface area contributed by atoms with Gasteiger partial charge >= 0.3 is 0 Å². The average molecular weight is 332 g/mol. The molecule has 1 unspecified atom stereocenters. The summed E-state index contributed by atoms with van der Waals surface area (Å²) in [6, 6.07) is 10.4. The average Bonchev–Trinajstić information content (AvgIpc) is 3.24. The highest BCUT2D eigenvalue weighted by Crippen LogP contribution is 2.23. The van der Waals surface area contributed by atoms with Crippen molar-refractivity contribution in [3.8, 4) is 11.3 Å². The van der Waals surface area contributed by atoms with Crippen LogP contribution in [0, 0.1) is 0 Å². The molecule has 23 heavy (non-hydrogen) atoms. The molecule has 0 saturated heterocycles. The van der Waals surface area contributed by atoms with Gasteiger partial charge in [-0.15, -0.1) is 0 Å². The zero-order valence-corrected chi connectivity index (χ0v) is 12.7. The Morgan fingerprint density at radius 2 is 2.13 bits per heavy atom. The molecule has 0 spiro atoms. The summed E-state index contributed by atoms with van der Waals surface area (Å²) in [7, 11) is 0. The molecule has 7 heteroatoms. The third-order valence-electron chi connectivity index (χ3n) is 3.34. The molecule has 118 valence electrons. The van der Waals surface area contributed by atoms with Gasteiger partial charge < -0.3 is 14.8 Å². The van der Waals surface area contributed by atoms with Crippen LogP contribution in [0.25, 0.3) is 11.3 Å². The predicted molar refractivity (Wildman–Crippen MR) is 85.0 cm³/mol. The van der Waals surface area contributed by atoms with E-state index in [1.54, 1.807) is 36.4 Å². The topological polar surface area (TPSA) is 91.2 Å². The zero-order chi connectivity index (χ0) is 16.2. The number of nitrogens with zero attached hydrogens (tertiary/aromatic N) is 1. The molecule has 0 saturated carbocycles. The Morgan fingerprint density at radius 1 is 1.35 bits per heavy atom. The van der Waals surface area contributed by atoms with Gasteiger partial charge in [0.2, 0.25) is 0 Å². The highest BCUT2D eigenvalue weighted by atomic mass is 35.5. The lowest BCUT2D eigenvalue weighted by atomic mass is 10.1. The Hall–Kier alpha value is -2.57. The van der Waals surface area contributed by atoms with Gasteiger partial charge in [0.05, 0.1) is 30.3 Å². The molecule has 1 amide bonds. The van der Waals surface area contributed by atoms with E-state index in [2.05, 4.69) is 15.5 Å². The van der Waals surface area contributed by atoms with Crippen LogP contribution >= 0.6 is 11.6 Å². The maximum Gasteiger partial charge on any atom is 0.255 e. The van der Waals surface area contributed by atoms with E-state index in [0.29, 0.717) is 22.0 Å². The minimum absolute atomic E-state index is 0.0393. The van der Waals surface area contributed by atoms with E-state index in [0.717, 1.165) is 5.56 Å². The number of H-pyrrole nitrogens is 1. The monoisotopic (exact) mass is 331 g/mol. The van der Waals surface area contributed by atoms with Crippen LogP contribution < -0.4 is 5.32 Å². The van der Waals surface area contributed by atoms with Gasteiger partial charge in [-0.1, -0.05) is 23.7 Å². The number of furan rings is 1. The first-order valence-corrected chi connectivity index (χ1v) is 7.32. The maximum absolute atomic E-state index is 12.3. The highest BCUT2D eigenvalue weighted by Gasteiger charge is 2.17. The number of nitrogens with one attached hydrogen (secondary N) is 2. The summed E-state index contributed by atoms with van der Waals surface area (Å²) in [5.74, 6) is 0.0599. The van der Waals surface area contributed by atoms with Crippen LogP contribution in [0.4, 0.5) is 0 Å². The Balaban J connectivity index is 1.71. The van der Waals surface area contributed by atoms with Crippen molar-refractivity contribution in [2.45, 2.75) is 6.10 Å². The molecule has 1 aromatic carbocycles. The Labute approximate surface area is 137 Å². The molecule has 1 atom stereocenters. The van der Waals surface area contributed by atoms with Crippen molar-refractivity contribution in [1.29, 1.82) is 0 Å². The number of carbonyl (C=O) groups is 1. The zero-order valence-electron chi connectivity index (χ0n) is 12.0. The number of hydrogen-bond acceptors (Lipinski definition) is 4. The molecule has 3 N–H and O–H groups in total. The molecule has 2 aromatic heterocycles. The lowest BCUT2D eigenvalue weighted by Crippen LogP contribution is -2.28. The van der Waals surface area contributed by atoms with Crippen LogP contribution in [-0.2, 0) is 0 Å². The summed E-state index contributed by atoms with van der Waals surface area (Å²) in [5.41, 5.74) is 1.77. The molecule has 0 fully saturated rings. The standard InChI is InChI=1S/C16H14ClN3O3/c17-11-5-3-10(4-6-11)15-12(8-19-20-15)16(22)18-9-13(21)14-2-1-7-23-14/h1-8,13,21H,9H2,(H,18,22)(H,19,20). The van der Waals surface area contributed by atoms with Gasteiger partial charge in [0.25, 0.3) is 5.91 Å². The number of aromatic amines is 1. The van der Waals surface area contributed by atoms with Gasteiger partial charge in [0.15, 0.2) is 0 Å². The number of aromatic nitrogens is 2. The second-order valence-electron chi connectivity index (χ2n) is 4.91. The number of rotatable bonds is 5. The summed E-state index contributed by atoms with van der Waals surface area (Å²) in [6.45, 7) is 0.0393. The van der Waals surface area contributed by atoms with Crippen LogP contribution in [0.1, 0.15) is 22.2 Å². The van der Waals surface area contributed by atoms with E-state index in [-0.39, 0.29) is 12.5 Å². The quantitative estimate of drug-likeness (QED) is 0.670. The van der Waals surface area contributed by atoms with Gasteiger partial charge in [-0.25, -0.2) is 0 Å². The summed E-state index contributed by atoms with van der Waals surface area (Å²) < 4.78 is 5.09. The predicted octanol–water partition coefficient (Wildman–Crippen LogP) is 2.79. The van der Waals surface area contributed by atoms with Crippen LogP contribution in [0.2, 0.25) is 5.02 Å². The number of carbonyl (C=O) groups excluding carboxylic acids is 1. The van der Waals surface area contributed by atoms with E-state index < -0.39 is 6.10 Å². The van der Waals surface area contributed by atoms with Crippen molar-refractivity contribution in [3.63, 3.8) is 0 Å². The molecule has 0 bridgehead atoms. The fourth-order valence-electron chi connectivity index (χ4n) is 2.16. The molecule has 6 nitrogen and oxygen atoms in total. The van der Waals surface area contributed by atoms with Crippen LogP contribution in [-0.4, -0.2) is 27.8 Å². The van der Waals surface area contributed by atoms with Crippen molar-refractivity contribution in [1.82, 2.24) is 15.5 Å². The number of aliphatic hydroxyl groups is 1. The van der Waals surface area contributed by atoms with Gasteiger partial charge in [0.1, 0.15) is 11.9 Å². The van der Waals surface area contributed by atoms with Gasteiger partial charge in [-0.3, -0.25) is 9.89 Å². The molecule has 3 aromatic rings. The Kier molecular flexibility index (Phi) is 4.45. The van der Waals surface area contributed by atoms with Crippen molar-refractivity contribution < 1.29 is 14.3 Å². The van der Waals surface area contributed by atoms with Gasteiger partial charge in [0, 0.05) is 10.6 Å². The second-order valence-corrected chi connectivity index (χ2v) is 5.34. The van der Waals surface area contributed by atoms with E-state index in [9.17, 15) is 9.90 Å². The first-order chi connectivity index (χ1) is 11.1. The van der Waals surface area contributed by atoms with Crippen LogP contribution in [0.15, 0.2) is 53.3 Å². The third-order valence-corrected chi connectivity index (χ3v) is 3.60. The maximum atomic E-state index is 12.3. The summed E-state index contributed by atoms with van der Waals surface area (Å²) >= 11 is 5.87. The van der Waals surface area contributed by atoms with Crippen molar-refractivity contribution >= 4 is 17.5 Å². The molecule has 0 aliphatic rings. The molecule has 2 heterocycles. The lowest BCUT2D eigenvalue weighted by Gasteiger charge is -2.09. The van der Waals surface area contributed by atoms with Crippen molar-refractivity contribution in [2.24, 2.45) is 0 Å². The van der Waals surface area contributed by atoms with E-state index in [4.69, 9.17) is 16.0 Å². The van der Waals surface area contributed by atoms with Crippen LogP contribution in [0.5, 0.6) is 0 Å². The molecule has 0 aliphatic heterocycles. The Morgan fingerprint density at radius 3 is 2.83 bits per heavy atom. The van der Waals surface area contributed by atoms with Crippen LogP contribution in [0.3, 0.4) is 0 Å². The highest BCUT2D eigenvalue weighted by molar-refractivity contribution is 6.30. The normalized spacial score (nSPS) is 12.1. The van der Waals surface area contributed by atoms with Crippen molar-refractivity contribution in [2.75, 3.05) is 6.54 Å². The first kappa shape index (κ1) is 15.3.